The predicted octanol–water partition coefficient (Wildman–Crippen LogP) is 3.10. The van der Waals surface area contributed by atoms with E-state index in [-0.39, 0.29) is 18.4 Å². The number of furan rings is 1. The van der Waals surface area contributed by atoms with Crippen LogP contribution in [0.3, 0.4) is 0 Å². The molecule has 0 aliphatic heterocycles. The molecule has 0 aliphatic rings. The van der Waals surface area contributed by atoms with Crippen molar-refractivity contribution in [1.29, 1.82) is 0 Å². The molecule has 1 aromatic carbocycles. The van der Waals surface area contributed by atoms with Crippen LogP contribution in [-0.4, -0.2) is 18.4 Å². The lowest BCUT2D eigenvalue weighted by atomic mass is 10.1. The number of amides is 2. The van der Waals surface area contributed by atoms with E-state index in [0.717, 1.165) is 16.9 Å². The van der Waals surface area contributed by atoms with Gasteiger partial charge in [-0.25, -0.2) is 0 Å². The van der Waals surface area contributed by atoms with E-state index in [4.69, 9.17) is 9.15 Å². The van der Waals surface area contributed by atoms with Crippen molar-refractivity contribution >= 4 is 23.2 Å². The third kappa shape index (κ3) is 6.09. The number of carbonyl (C=O) groups excluding carboxylic acids is 2. The summed E-state index contributed by atoms with van der Waals surface area (Å²) < 4.78 is 10.8. The van der Waals surface area contributed by atoms with Crippen molar-refractivity contribution in [2.24, 2.45) is 0 Å². The Morgan fingerprint density at radius 1 is 1.04 bits per heavy atom. The summed E-state index contributed by atoms with van der Waals surface area (Å²) in [5, 5.41) is 8.96. The van der Waals surface area contributed by atoms with Gasteiger partial charge in [0.05, 0.1) is 19.4 Å². The fraction of sp³-hybridized carbons (Fsp3) is 0.200. The Balaban J connectivity index is 1.39. The van der Waals surface area contributed by atoms with Gasteiger partial charge in [-0.05, 0) is 34.7 Å². The van der Waals surface area contributed by atoms with Crippen molar-refractivity contribution in [2.45, 2.75) is 19.8 Å². The molecule has 2 heterocycles. The number of hydrogen-bond donors (Lipinski definition) is 2. The molecule has 0 saturated carbocycles. The van der Waals surface area contributed by atoms with Gasteiger partial charge >= 0.3 is 0 Å². The summed E-state index contributed by atoms with van der Waals surface area (Å²) in [5.41, 5.74) is 2.54. The Hall–Kier alpha value is -2.90. The van der Waals surface area contributed by atoms with E-state index in [2.05, 4.69) is 10.6 Å². The van der Waals surface area contributed by atoms with Gasteiger partial charge < -0.3 is 19.8 Å². The largest absolute Gasteiger partial charge is 0.467 e. The Morgan fingerprint density at radius 3 is 2.70 bits per heavy atom. The predicted molar refractivity (Wildman–Crippen MR) is 102 cm³/mol. The summed E-state index contributed by atoms with van der Waals surface area (Å²) in [6.45, 7) is 1.21. The van der Waals surface area contributed by atoms with Gasteiger partial charge in [-0.15, -0.1) is 0 Å². The highest BCUT2D eigenvalue weighted by atomic mass is 32.1. The summed E-state index contributed by atoms with van der Waals surface area (Å²) in [4.78, 5) is 23.7. The van der Waals surface area contributed by atoms with Crippen LogP contribution >= 0.6 is 11.3 Å². The van der Waals surface area contributed by atoms with Crippen LogP contribution in [0.2, 0.25) is 0 Å². The van der Waals surface area contributed by atoms with E-state index in [1.165, 1.54) is 11.3 Å². The molecule has 7 heteroatoms. The van der Waals surface area contributed by atoms with Gasteiger partial charge in [0, 0.05) is 17.5 Å². The van der Waals surface area contributed by atoms with E-state index in [1.54, 1.807) is 17.7 Å². The van der Waals surface area contributed by atoms with Gasteiger partial charge in [0.1, 0.15) is 12.4 Å². The summed E-state index contributed by atoms with van der Waals surface area (Å²) in [6.07, 6.45) is 1.62. The zero-order chi connectivity index (χ0) is 18.9. The molecule has 27 heavy (non-hydrogen) atoms. The van der Waals surface area contributed by atoms with Crippen LogP contribution in [-0.2, 0) is 29.3 Å². The Bertz CT molecular complexity index is 860. The molecule has 0 aliphatic carbocycles. The highest BCUT2D eigenvalue weighted by molar-refractivity contribution is 7.08. The summed E-state index contributed by atoms with van der Waals surface area (Å²) in [7, 11) is 0. The van der Waals surface area contributed by atoms with E-state index in [0.29, 0.717) is 25.3 Å². The maximum Gasteiger partial charge on any atom is 0.252 e. The lowest BCUT2D eigenvalue weighted by Crippen LogP contribution is -2.36. The first-order valence-corrected chi connectivity index (χ1v) is 9.40. The second kappa shape index (κ2) is 9.70. The number of benzene rings is 1. The second-order valence-corrected chi connectivity index (χ2v) is 6.64. The molecule has 2 aromatic heterocycles. The lowest BCUT2D eigenvalue weighted by Gasteiger charge is -2.08. The molecule has 140 valence electrons. The van der Waals surface area contributed by atoms with E-state index in [9.17, 15) is 9.59 Å². The van der Waals surface area contributed by atoms with Gasteiger partial charge in [0.2, 0.25) is 5.91 Å². The fourth-order valence-electron chi connectivity index (χ4n) is 2.41. The molecule has 2 amide bonds. The number of hydrogen-bond acceptors (Lipinski definition) is 5. The number of thiophene rings is 1. The molecule has 0 radical (unpaired) electrons. The molecule has 2 N–H and O–H groups in total. The van der Waals surface area contributed by atoms with Crippen molar-refractivity contribution in [3.8, 4) is 0 Å². The molecular weight excluding hydrogens is 364 g/mol. The van der Waals surface area contributed by atoms with E-state index >= 15 is 0 Å². The molecule has 0 spiro atoms. The molecule has 6 nitrogen and oxygen atoms in total. The monoisotopic (exact) mass is 384 g/mol. The first-order chi connectivity index (χ1) is 13.2. The van der Waals surface area contributed by atoms with Crippen molar-refractivity contribution in [3.63, 3.8) is 0 Å². The minimum Gasteiger partial charge on any atom is -0.467 e. The van der Waals surface area contributed by atoms with Crippen LogP contribution in [0, 0.1) is 0 Å². The highest BCUT2D eigenvalue weighted by Gasteiger charge is 2.08. The van der Waals surface area contributed by atoms with Crippen LogP contribution in [0.5, 0.6) is 0 Å². The molecule has 3 aromatic rings. The molecule has 0 unspecified atom stereocenters. The van der Waals surface area contributed by atoms with Crippen molar-refractivity contribution in [1.82, 2.24) is 10.6 Å². The maximum atomic E-state index is 11.9. The minimum absolute atomic E-state index is 0.0549. The van der Waals surface area contributed by atoms with Crippen LogP contribution in [0.25, 0.3) is 0 Å². The van der Waals surface area contributed by atoms with Gasteiger partial charge in [-0.1, -0.05) is 24.3 Å². The lowest BCUT2D eigenvalue weighted by molar-refractivity contribution is -0.120. The molecule has 0 bridgehead atoms. The Morgan fingerprint density at radius 2 is 1.93 bits per heavy atom. The number of ether oxygens (including phenoxy) is 1. The molecule has 0 saturated heterocycles. The topological polar surface area (TPSA) is 80.6 Å². The number of carbonyl (C=O) groups is 2. The van der Waals surface area contributed by atoms with E-state index < -0.39 is 0 Å². The molecule has 0 fully saturated rings. The quantitative estimate of drug-likeness (QED) is 0.594. The molecule has 0 atom stereocenters. The standard InChI is InChI=1S/C20H20N2O4S/c23-19(11-22-20(24)17-6-8-27-14-17)21-10-15-3-1-4-16(9-15)12-25-13-18-5-2-7-26-18/h1-9,14H,10-13H2,(H,21,23)(H,22,24). The van der Waals surface area contributed by atoms with Crippen LogP contribution in [0.15, 0.2) is 63.9 Å². The number of nitrogens with one attached hydrogen (secondary N) is 2. The summed E-state index contributed by atoms with van der Waals surface area (Å²) >= 11 is 1.44. The third-order valence-corrected chi connectivity index (χ3v) is 4.45. The van der Waals surface area contributed by atoms with E-state index in [1.807, 2.05) is 41.8 Å². The van der Waals surface area contributed by atoms with Crippen molar-refractivity contribution < 1.29 is 18.7 Å². The average Bonchev–Trinajstić information content (AvgIpc) is 3.39. The van der Waals surface area contributed by atoms with Gasteiger partial charge in [-0.3, -0.25) is 9.59 Å². The fourth-order valence-corrected chi connectivity index (χ4v) is 3.05. The zero-order valence-corrected chi connectivity index (χ0v) is 15.5. The smallest absolute Gasteiger partial charge is 0.252 e. The normalized spacial score (nSPS) is 10.5. The van der Waals surface area contributed by atoms with Crippen molar-refractivity contribution in [3.05, 3.63) is 81.9 Å². The molecule has 3 rings (SSSR count). The summed E-state index contributed by atoms with van der Waals surface area (Å²) in [5.74, 6) is 0.295. The SMILES string of the molecule is O=C(CNC(=O)c1ccsc1)NCc1cccc(COCc2ccco2)c1. The first-order valence-electron chi connectivity index (χ1n) is 8.46. The molecular formula is C20H20N2O4S. The third-order valence-electron chi connectivity index (χ3n) is 3.77. The van der Waals surface area contributed by atoms with Crippen LogP contribution in [0.4, 0.5) is 0 Å². The minimum atomic E-state index is -0.248. The zero-order valence-electron chi connectivity index (χ0n) is 14.6. The average molecular weight is 384 g/mol. The van der Waals surface area contributed by atoms with Gasteiger partial charge in [0.25, 0.3) is 5.91 Å². The number of rotatable bonds is 9. The first kappa shape index (κ1) is 18.9. The van der Waals surface area contributed by atoms with Crippen molar-refractivity contribution in [2.75, 3.05) is 6.54 Å². The highest BCUT2D eigenvalue weighted by Crippen LogP contribution is 2.09. The van der Waals surface area contributed by atoms with Crippen LogP contribution in [0.1, 0.15) is 27.2 Å². The maximum absolute atomic E-state index is 11.9. The van der Waals surface area contributed by atoms with Gasteiger partial charge in [0.15, 0.2) is 0 Å². The van der Waals surface area contributed by atoms with Crippen LogP contribution < -0.4 is 10.6 Å². The Labute approximate surface area is 161 Å². The van der Waals surface area contributed by atoms with Gasteiger partial charge in [-0.2, -0.15) is 11.3 Å². The second-order valence-electron chi connectivity index (χ2n) is 5.86. The Kier molecular flexibility index (Phi) is 6.78. The summed E-state index contributed by atoms with van der Waals surface area (Å²) in [6, 6.07) is 13.2.